The van der Waals surface area contributed by atoms with Crippen molar-refractivity contribution < 1.29 is 0 Å². The summed E-state index contributed by atoms with van der Waals surface area (Å²) in [4.78, 5) is 0. The molecule has 0 unspecified atom stereocenters. The van der Waals surface area contributed by atoms with E-state index < -0.39 is 0 Å². The van der Waals surface area contributed by atoms with E-state index in [4.69, 9.17) is 0 Å². The predicted molar refractivity (Wildman–Crippen MR) is 43.1 cm³/mol. The van der Waals surface area contributed by atoms with Crippen molar-refractivity contribution in [3.8, 4) is 0 Å². The molecule has 0 amide bonds. The van der Waals surface area contributed by atoms with Crippen LogP contribution in [0.25, 0.3) is 0 Å². The molecule has 0 saturated heterocycles. The Kier molecular flexibility index (Phi) is 2.20. The van der Waals surface area contributed by atoms with E-state index in [1.807, 2.05) is 0 Å². The minimum atomic E-state index is 0.595. The fraction of sp³-hybridized carbons (Fsp3) is 1.00. The minimum absolute atomic E-state index is 0.595. The summed E-state index contributed by atoms with van der Waals surface area (Å²) in [6.07, 6.45) is 7.19. The predicted octanol–water partition coefficient (Wildman–Crippen LogP) is 2.88. The molecule has 0 bridgehead atoms. The second-order valence-electron chi connectivity index (χ2n) is 3.50. The minimum Gasteiger partial charge on any atom is -0.0914 e. The molecule has 1 rings (SSSR count). The maximum absolute atomic E-state index is 2.38. The first-order chi connectivity index (χ1) is 4.27. The Morgan fingerprint density at radius 2 is 1.67 bits per heavy atom. The van der Waals surface area contributed by atoms with Crippen LogP contribution in [0.4, 0.5) is 0 Å². The highest BCUT2D eigenvalue weighted by molar-refractivity contribution is 6.38. The summed E-state index contributed by atoms with van der Waals surface area (Å²) in [6.45, 7) is 4.58. The van der Waals surface area contributed by atoms with Crippen molar-refractivity contribution in [1.29, 1.82) is 0 Å². The highest BCUT2D eigenvalue weighted by Crippen LogP contribution is 2.40. The topological polar surface area (TPSA) is 0 Å². The Hall–Kier alpha value is 0.0649. The van der Waals surface area contributed by atoms with E-state index in [1.54, 1.807) is 0 Å². The van der Waals surface area contributed by atoms with Crippen LogP contribution in [0.5, 0.6) is 0 Å². The van der Waals surface area contributed by atoms with Crippen LogP contribution in [0.1, 0.15) is 39.0 Å². The highest BCUT2D eigenvalue weighted by Gasteiger charge is 2.24. The second kappa shape index (κ2) is 2.77. The van der Waals surface area contributed by atoms with Gasteiger partial charge in [-0.25, -0.2) is 0 Å². The molecule has 0 aromatic carbocycles. The Labute approximate surface area is 59.3 Å². The molecule has 0 aromatic rings. The van der Waals surface area contributed by atoms with Gasteiger partial charge in [-0.1, -0.05) is 51.2 Å². The van der Waals surface area contributed by atoms with Crippen LogP contribution in [-0.2, 0) is 0 Å². The quantitative estimate of drug-likeness (QED) is 0.470. The molecule has 0 heterocycles. The molecule has 1 heteroatoms. The molecule has 0 atom stereocenters. The smallest absolute Gasteiger partial charge is 0.0914 e. The van der Waals surface area contributed by atoms with Gasteiger partial charge in [-0.3, -0.25) is 0 Å². The average molecular weight is 123 g/mol. The summed E-state index contributed by atoms with van der Waals surface area (Å²) in [5.74, 6) is 0. The third-order valence-corrected chi connectivity index (χ3v) is 2.69. The van der Waals surface area contributed by atoms with Gasteiger partial charge in [0.15, 0.2) is 0 Å². The summed E-state index contributed by atoms with van der Waals surface area (Å²) in [5.41, 5.74) is 0. The van der Waals surface area contributed by atoms with Crippen molar-refractivity contribution in [3.05, 3.63) is 0 Å². The van der Waals surface area contributed by atoms with E-state index >= 15 is 0 Å². The van der Waals surface area contributed by atoms with Crippen molar-refractivity contribution in [2.24, 2.45) is 0 Å². The van der Waals surface area contributed by atoms with Crippen LogP contribution in [0.3, 0.4) is 0 Å². The zero-order valence-corrected chi connectivity index (χ0v) is 6.61. The lowest BCUT2D eigenvalue weighted by Gasteiger charge is -2.31. The summed E-state index contributed by atoms with van der Waals surface area (Å²) >= 11 is 0. The van der Waals surface area contributed by atoms with Crippen LogP contribution >= 0.6 is 0 Å². The SMILES string of the molecule is C[B]C1(C)CCCCC1. The fourth-order valence-electron chi connectivity index (χ4n) is 1.65. The Morgan fingerprint density at radius 1 is 1.11 bits per heavy atom. The van der Waals surface area contributed by atoms with Gasteiger partial charge >= 0.3 is 0 Å². The van der Waals surface area contributed by atoms with Gasteiger partial charge in [-0.05, 0) is 0 Å². The molecule has 9 heavy (non-hydrogen) atoms. The van der Waals surface area contributed by atoms with Gasteiger partial charge in [-0.15, -0.1) is 0 Å². The summed E-state index contributed by atoms with van der Waals surface area (Å²) in [5, 5.41) is 0.595. The molecule has 0 aromatic heterocycles. The van der Waals surface area contributed by atoms with Gasteiger partial charge in [0.05, 0.1) is 0 Å². The van der Waals surface area contributed by atoms with Crippen LogP contribution in [0.15, 0.2) is 0 Å². The van der Waals surface area contributed by atoms with Gasteiger partial charge in [0.25, 0.3) is 0 Å². The maximum atomic E-state index is 2.38. The van der Waals surface area contributed by atoms with E-state index in [1.165, 1.54) is 32.1 Å². The maximum Gasteiger partial charge on any atom is 0.114 e. The molecular weight excluding hydrogens is 107 g/mol. The van der Waals surface area contributed by atoms with Gasteiger partial charge < -0.3 is 0 Å². The first kappa shape index (κ1) is 7.18. The van der Waals surface area contributed by atoms with Crippen LogP contribution < -0.4 is 0 Å². The Bertz CT molecular complexity index is 82.6. The standard InChI is InChI=1S/C8H16B/c1-8(9-2)6-4-3-5-7-8/h3-7H2,1-2H3. The molecule has 1 aliphatic carbocycles. The lowest BCUT2D eigenvalue weighted by molar-refractivity contribution is 0.400. The molecule has 0 aliphatic heterocycles. The molecule has 0 spiro atoms. The number of rotatable bonds is 1. The van der Waals surface area contributed by atoms with Crippen LogP contribution in [0.2, 0.25) is 12.1 Å². The Balaban J connectivity index is 2.37. The molecule has 1 aliphatic rings. The largest absolute Gasteiger partial charge is 0.114 e. The fourth-order valence-corrected chi connectivity index (χ4v) is 1.65. The molecule has 0 nitrogen and oxygen atoms in total. The molecule has 1 radical (unpaired) electrons. The summed E-state index contributed by atoms with van der Waals surface area (Å²) in [6, 6.07) is 0. The van der Waals surface area contributed by atoms with Gasteiger partial charge in [0.1, 0.15) is 7.28 Å². The molecule has 1 fully saturated rings. The lowest BCUT2D eigenvalue weighted by atomic mass is 9.50. The highest BCUT2D eigenvalue weighted by atomic mass is 14.2. The second-order valence-corrected chi connectivity index (χ2v) is 3.50. The van der Waals surface area contributed by atoms with Crippen LogP contribution in [0, 0.1) is 0 Å². The lowest BCUT2D eigenvalue weighted by Crippen LogP contribution is -2.17. The van der Waals surface area contributed by atoms with Crippen molar-refractivity contribution in [1.82, 2.24) is 0 Å². The molecule has 1 saturated carbocycles. The summed E-state index contributed by atoms with van der Waals surface area (Å²) in [7, 11) is 2.38. The van der Waals surface area contributed by atoms with Gasteiger partial charge in [0.2, 0.25) is 0 Å². The van der Waals surface area contributed by atoms with Gasteiger partial charge in [-0.2, -0.15) is 0 Å². The zero-order valence-electron chi connectivity index (χ0n) is 6.61. The first-order valence-electron chi connectivity index (χ1n) is 4.07. The third kappa shape index (κ3) is 1.74. The molecular formula is C8H16B. The monoisotopic (exact) mass is 123 g/mol. The van der Waals surface area contributed by atoms with E-state index in [2.05, 4.69) is 21.0 Å². The Morgan fingerprint density at radius 3 is 2.00 bits per heavy atom. The van der Waals surface area contributed by atoms with E-state index in [0.29, 0.717) is 5.31 Å². The van der Waals surface area contributed by atoms with Gasteiger partial charge in [0, 0.05) is 0 Å². The van der Waals surface area contributed by atoms with Crippen molar-refractivity contribution in [2.45, 2.75) is 51.2 Å². The van der Waals surface area contributed by atoms with E-state index in [0.717, 1.165) is 0 Å². The number of hydrogen-bond acceptors (Lipinski definition) is 0. The van der Waals surface area contributed by atoms with Crippen molar-refractivity contribution >= 4 is 7.28 Å². The average Bonchev–Trinajstić information content (AvgIpc) is 1.90. The normalized spacial score (nSPS) is 25.6. The zero-order chi connectivity index (χ0) is 6.74. The van der Waals surface area contributed by atoms with Crippen molar-refractivity contribution in [2.75, 3.05) is 0 Å². The van der Waals surface area contributed by atoms with E-state index in [-0.39, 0.29) is 0 Å². The summed E-state index contributed by atoms with van der Waals surface area (Å²) < 4.78 is 0. The first-order valence-corrected chi connectivity index (χ1v) is 4.07. The van der Waals surface area contributed by atoms with Crippen LogP contribution in [-0.4, -0.2) is 7.28 Å². The third-order valence-electron chi connectivity index (χ3n) is 2.69. The number of hydrogen-bond donors (Lipinski definition) is 0. The molecule has 51 valence electrons. The molecule has 0 N–H and O–H groups in total. The van der Waals surface area contributed by atoms with Crippen molar-refractivity contribution in [3.63, 3.8) is 0 Å². The van der Waals surface area contributed by atoms with E-state index in [9.17, 15) is 0 Å².